The summed E-state index contributed by atoms with van der Waals surface area (Å²) >= 11 is 0. The summed E-state index contributed by atoms with van der Waals surface area (Å²) in [6, 6.07) is 3.60. The lowest BCUT2D eigenvalue weighted by molar-refractivity contribution is 0.545. The van der Waals surface area contributed by atoms with Gasteiger partial charge in [-0.2, -0.15) is 4.98 Å². The summed E-state index contributed by atoms with van der Waals surface area (Å²) in [6.07, 6.45) is 1.67. The smallest absolute Gasteiger partial charge is 0.352 e. The Morgan fingerprint density at radius 1 is 1.15 bits per heavy atom. The average molecular weight is 272 g/mol. The molecule has 7 nitrogen and oxygen atoms in total. The van der Waals surface area contributed by atoms with Gasteiger partial charge in [-0.1, -0.05) is 0 Å². The van der Waals surface area contributed by atoms with E-state index in [1.54, 1.807) is 23.9 Å². The van der Waals surface area contributed by atoms with E-state index in [1.807, 2.05) is 13.0 Å². The summed E-state index contributed by atoms with van der Waals surface area (Å²) in [5, 5.41) is 0. The standard InChI is InChI=1S/C13H12N4O3/c1-7-4-5-9(20-7)8-6-16(2)11-10(14-8)12(18)17(3)13(19)15-11/h4-6H,1-3H3. The van der Waals surface area contributed by atoms with Gasteiger partial charge >= 0.3 is 5.69 Å². The monoisotopic (exact) mass is 272 g/mol. The topological polar surface area (TPSA) is 82.9 Å². The SMILES string of the molecule is Cc1ccc(-c2cn(C)c3nc(=O)n(C)c(=O)c-3n2)o1. The van der Waals surface area contributed by atoms with E-state index in [9.17, 15) is 9.59 Å². The van der Waals surface area contributed by atoms with Crippen LogP contribution in [0, 0.1) is 6.92 Å². The Bertz CT molecular complexity index is 887. The van der Waals surface area contributed by atoms with Gasteiger partial charge < -0.3 is 8.98 Å². The van der Waals surface area contributed by atoms with Gasteiger partial charge in [0.15, 0.2) is 17.3 Å². The normalized spacial score (nSPS) is 11.2. The number of rotatable bonds is 1. The largest absolute Gasteiger partial charge is 0.460 e. The fraction of sp³-hybridized carbons (Fsp3) is 0.231. The number of hydrogen-bond acceptors (Lipinski definition) is 5. The molecule has 0 radical (unpaired) electrons. The first-order valence-corrected chi connectivity index (χ1v) is 5.98. The molecule has 0 atom stereocenters. The van der Waals surface area contributed by atoms with Crippen molar-refractivity contribution in [3.8, 4) is 23.0 Å². The number of aromatic nitrogens is 4. The minimum absolute atomic E-state index is 0.140. The highest BCUT2D eigenvalue weighted by molar-refractivity contribution is 5.59. The zero-order valence-electron chi connectivity index (χ0n) is 11.2. The molecule has 0 aromatic carbocycles. The van der Waals surface area contributed by atoms with Crippen LogP contribution in [0.3, 0.4) is 0 Å². The van der Waals surface area contributed by atoms with Crippen LogP contribution in [0.15, 0.2) is 32.3 Å². The Balaban J connectivity index is 2.37. The van der Waals surface area contributed by atoms with Crippen molar-refractivity contribution >= 4 is 0 Å². The third kappa shape index (κ3) is 1.75. The van der Waals surface area contributed by atoms with Gasteiger partial charge in [0.2, 0.25) is 0 Å². The number of furan rings is 1. The van der Waals surface area contributed by atoms with Gasteiger partial charge in [0, 0.05) is 20.3 Å². The second-order valence-electron chi connectivity index (χ2n) is 4.58. The van der Waals surface area contributed by atoms with Gasteiger partial charge in [-0.15, -0.1) is 0 Å². The van der Waals surface area contributed by atoms with Crippen LogP contribution in [0.4, 0.5) is 0 Å². The van der Waals surface area contributed by atoms with Crippen LogP contribution in [0.25, 0.3) is 23.0 Å². The van der Waals surface area contributed by atoms with Gasteiger partial charge in [0.1, 0.15) is 11.5 Å². The van der Waals surface area contributed by atoms with Gasteiger partial charge in [0.25, 0.3) is 5.56 Å². The molecule has 20 heavy (non-hydrogen) atoms. The lowest BCUT2D eigenvalue weighted by Crippen LogP contribution is -2.36. The quantitative estimate of drug-likeness (QED) is 0.646. The highest BCUT2D eigenvalue weighted by Crippen LogP contribution is 2.22. The Morgan fingerprint density at radius 3 is 2.55 bits per heavy atom. The van der Waals surface area contributed by atoms with E-state index < -0.39 is 11.2 Å². The van der Waals surface area contributed by atoms with E-state index >= 15 is 0 Å². The van der Waals surface area contributed by atoms with Crippen LogP contribution in [0.1, 0.15) is 5.76 Å². The van der Waals surface area contributed by atoms with Crippen LogP contribution >= 0.6 is 0 Å². The van der Waals surface area contributed by atoms with Crippen molar-refractivity contribution in [2.24, 2.45) is 14.1 Å². The lowest BCUT2D eigenvalue weighted by atomic mass is 10.3. The maximum Gasteiger partial charge on any atom is 0.352 e. The molecule has 0 saturated heterocycles. The fourth-order valence-electron chi connectivity index (χ4n) is 1.99. The highest BCUT2D eigenvalue weighted by Gasteiger charge is 2.18. The molecule has 3 rings (SSSR count). The minimum atomic E-state index is -0.596. The number of hydrogen-bond donors (Lipinski definition) is 0. The summed E-state index contributed by atoms with van der Waals surface area (Å²) < 4.78 is 8.03. The third-order valence-electron chi connectivity index (χ3n) is 3.08. The van der Waals surface area contributed by atoms with Crippen LogP contribution < -0.4 is 11.2 Å². The van der Waals surface area contributed by atoms with E-state index in [0.717, 1.165) is 10.3 Å². The molecule has 0 N–H and O–H groups in total. The molecule has 0 amide bonds. The number of aryl methyl sites for hydroxylation is 2. The van der Waals surface area contributed by atoms with E-state index in [-0.39, 0.29) is 11.5 Å². The van der Waals surface area contributed by atoms with Crippen LogP contribution in [-0.2, 0) is 14.1 Å². The Morgan fingerprint density at radius 2 is 1.90 bits per heavy atom. The number of nitrogens with zero attached hydrogens (tertiary/aromatic N) is 4. The molecule has 0 unspecified atom stereocenters. The highest BCUT2D eigenvalue weighted by atomic mass is 16.3. The van der Waals surface area contributed by atoms with Crippen molar-refractivity contribution in [1.82, 2.24) is 19.1 Å². The third-order valence-corrected chi connectivity index (χ3v) is 3.08. The van der Waals surface area contributed by atoms with Crippen molar-refractivity contribution in [3.63, 3.8) is 0 Å². The van der Waals surface area contributed by atoms with Crippen LogP contribution in [0.5, 0.6) is 0 Å². The van der Waals surface area contributed by atoms with Gasteiger partial charge in [-0.3, -0.25) is 9.36 Å². The maximum atomic E-state index is 12.1. The molecule has 2 aliphatic heterocycles. The summed E-state index contributed by atoms with van der Waals surface area (Å²) in [5.74, 6) is 1.57. The van der Waals surface area contributed by atoms with Crippen LogP contribution in [-0.4, -0.2) is 19.1 Å². The first-order chi connectivity index (χ1) is 9.47. The van der Waals surface area contributed by atoms with E-state index in [2.05, 4.69) is 9.97 Å². The second-order valence-corrected chi connectivity index (χ2v) is 4.58. The first-order valence-electron chi connectivity index (χ1n) is 5.98. The summed E-state index contributed by atoms with van der Waals surface area (Å²) in [7, 11) is 3.08. The zero-order valence-corrected chi connectivity index (χ0v) is 11.2. The lowest BCUT2D eigenvalue weighted by Gasteiger charge is -2.11. The maximum absolute atomic E-state index is 12.1. The molecule has 0 saturated carbocycles. The average Bonchev–Trinajstić information content (AvgIpc) is 2.84. The molecule has 102 valence electrons. The zero-order chi connectivity index (χ0) is 14.4. The molecular weight excluding hydrogens is 260 g/mol. The van der Waals surface area contributed by atoms with E-state index in [1.165, 1.54) is 7.05 Å². The molecule has 0 fully saturated rings. The minimum Gasteiger partial charge on any atom is -0.460 e. The Hall–Kier alpha value is -2.70. The second kappa shape index (κ2) is 4.16. The van der Waals surface area contributed by atoms with Gasteiger partial charge in [0.05, 0.1) is 0 Å². The predicted octanol–water partition coefficient (Wildman–Crippen LogP) is 0.547. The van der Waals surface area contributed by atoms with Crippen molar-refractivity contribution in [2.75, 3.05) is 0 Å². The molecule has 0 aliphatic carbocycles. The van der Waals surface area contributed by atoms with Crippen molar-refractivity contribution in [2.45, 2.75) is 6.92 Å². The van der Waals surface area contributed by atoms with Crippen molar-refractivity contribution < 1.29 is 4.42 Å². The molecule has 3 heterocycles. The van der Waals surface area contributed by atoms with Gasteiger partial charge in [-0.25, -0.2) is 9.78 Å². The molecular formula is C13H12N4O3. The summed E-state index contributed by atoms with van der Waals surface area (Å²) in [6.45, 7) is 1.83. The predicted molar refractivity (Wildman–Crippen MR) is 71.6 cm³/mol. The van der Waals surface area contributed by atoms with Crippen molar-refractivity contribution in [3.05, 3.63) is 44.9 Å². The molecule has 0 bridgehead atoms. The van der Waals surface area contributed by atoms with E-state index in [4.69, 9.17) is 4.42 Å². The molecule has 2 aliphatic rings. The molecule has 1 aromatic rings. The van der Waals surface area contributed by atoms with Gasteiger partial charge in [-0.05, 0) is 19.1 Å². The van der Waals surface area contributed by atoms with Crippen LogP contribution in [0.2, 0.25) is 0 Å². The number of fused-ring (bicyclic) bond motifs is 1. The molecule has 1 aromatic heterocycles. The first kappa shape index (κ1) is 12.3. The summed E-state index contributed by atoms with van der Waals surface area (Å²) in [5.41, 5.74) is -0.408. The molecule has 7 heteroatoms. The van der Waals surface area contributed by atoms with Crippen molar-refractivity contribution in [1.29, 1.82) is 0 Å². The molecule has 0 spiro atoms. The van der Waals surface area contributed by atoms with E-state index in [0.29, 0.717) is 11.5 Å². The fourth-order valence-corrected chi connectivity index (χ4v) is 1.99. The summed E-state index contributed by atoms with van der Waals surface area (Å²) in [4.78, 5) is 31.8. The Kier molecular flexibility index (Phi) is 2.56. The Labute approximate surface area is 113 Å².